The average molecular weight is 478 g/mol. The lowest BCUT2D eigenvalue weighted by atomic mass is 9.94. The lowest BCUT2D eigenvalue weighted by molar-refractivity contribution is -0.136. The summed E-state index contributed by atoms with van der Waals surface area (Å²) in [6.45, 7) is 16.5. The number of piperidine rings is 1. The number of pyridine rings is 1. The van der Waals surface area contributed by atoms with Crippen LogP contribution in [-0.2, 0) is 11.2 Å². The molecule has 3 rings (SSSR count). The number of benzene rings is 1. The first-order chi connectivity index (χ1) is 17.0. The molecule has 1 saturated heterocycles. The lowest BCUT2D eigenvalue weighted by Gasteiger charge is -2.36. The summed E-state index contributed by atoms with van der Waals surface area (Å²) in [6.07, 6.45) is 12.7. The number of aromatic nitrogens is 1. The van der Waals surface area contributed by atoms with Gasteiger partial charge in [-0.15, -0.1) is 0 Å². The molecule has 192 valence electrons. The van der Waals surface area contributed by atoms with Crippen molar-refractivity contribution < 1.29 is 4.79 Å². The van der Waals surface area contributed by atoms with E-state index in [9.17, 15) is 4.79 Å². The van der Waals surface area contributed by atoms with Gasteiger partial charge in [0.15, 0.2) is 0 Å². The Kier molecular flexibility index (Phi) is 13.2. The second kappa shape index (κ2) is 16.1. The fraction of sp³-hybridized carbons (Fsp3) is 0.548. The molecule has 1 aromatic heterocycles. The Morgan fingerprint density at radius 1 is 1.00 bits per heavy atom. The molecule has 1 amide bonds. The van der Waals surface area contributed by atoms with Crippen LogP contribution in [0.15, 0.2) is 55.4 Å². The standard InChI is InChI=1S/C19H29N3O.C12H18/c1-4-12-22(13-5-2)19(23)18-8-14-21(15-9-18)16(3)17-6-10-20-11-7-17;1-3-4-5-8-12-9-6-7-11(2)10-12/h6-7,10-11,18H,3-5,8-9,12-15H2,1-2H3;6-7,9-10H,3-5,8H2,1-2H3. The van der Waals surface area contributed by atoms with Gasteiger partial charge in [-0.1, -0.05) is 70.0 Å². The summed E-state index contributed by atoms with van der Waals surface area (Å²) in [5.74, 6) is 0.525. The average Bonchev–Trinajstić information content (AvgIpc) is 2.89. The predicted octanol–water partition coefficient (Wildman–Crippen LogP) is 7.14. The van der Waals surface area contributed by atoms with Gasteiger partial charge in [0.2, 0.25) is 5.91 Å². The fourth-order valence-corrected chi connectivity index (χ4v) is 4.70. The fourth-order valence-electron chi connectivity index (χ4n) is 4.70. The van der Waals surface area contributed by atoms with Gasteiger partial charge in [-0.2, -0.15) is 0 Å². The van der Waals surface area contributed by atoms with Crippen molar-refractivity contribution in [2.45, 2.75) is 79.1 Å². The Balaban J connectivity index is 0.000000303. The van der Waals surface area contributed by atoms with Crippen LogP contribution in [0.3, 0.4) is 0 Å². The zero-order chi connectivity index (χ0) is 25.5. The number of carbonyl (C=O) groups excluding carboxylic acids is 1. The van der Waals surface area contributed by atoms with Crippen molar-refractivity contribution in [1.82, 2.24) is 14.8 Å². The summed E-state index contributed by atoms with van der Waals surface area (Å²) in [5, 5.41) is 0. The van der Waals surface area contributed by atoms with E-state index in [-0.39, 0.29) is 5.92 Å². The normalized spacial score (nSPS) is 13.7. The van der Waals surface area contributed by atoms with Crippen LogP contribution >= 0.6 is 0 Å². The van der Waals surface area contributed by atoms with Gasteiger partial charge < -0.3 is 9.80 Å². The van der Waals surface area contributed by atoms with Gasteiger partial charge in [-0.25, -0.2) is 0 Å². The third-order valence-electron chi connectivity index (χ3n) is 6.69. The van der Waals surface area contributed by atoms with Crippen LogP contribution in [0.4, 0.5) is 0 Å². The molecule has 0 N–H and O–H groups in total. The third-order valence-corrected chi connectivity index (χ3v) is 6.69. The number of nitrogens with zero attached hydrogens (tertiary/aromatic N) is 3. The minimum atomic E-state index is 0.176. The summed E-state index contributed by atoms with van der Waals surface area (Å²) in [4.78, 5) is 21.1. The van der Waals surface area contributed by atoms with Crippen molar-refractivity contribution in [3.8, 4) is 0 Å². The molecule has 0 radical (unpaired) electrons. The van der Waals surface area contributed by atoms with Gasteiger partial charge in [-0.05, 0) is 63.1 Å². The van der Waals surface area contributed by atoms with E-state index in [4.69, 9.17) is 0 Å². The summed E-state index contributed by atoms with van der Waals surface area (Å²) < 4.78 is 0. The molecule has 1 aliphatic rings. The first kappa shape index (κ1) is 28.6. The molecule has 1 aliphatic heterocycles. The molecule has 4 heteroatoms. The third kappa shape index (κ3) is 9.87. The van der Waals surface area contributed by atoms with E-state index in [1.807, 2.05) is 12.1 Å². The van der Waals surface area contributed by atoms with Crippen molar-refractivity contribution in [1.29, 1.82) is 0 Å². The van der Waals surface area contributed by atoms with E-state index >= 15 is 0 Å². The van der Waals surface area contributed by atoms with Crippen LogP contribution in [0.2, 0.25) is 0 Å². The zero-order valence-corrected chi connectivity index (χ0v) is 22.6. The molecule has 1 fully saturated rings. The van der Waals surface area contributed by atoms with E-state index in [1.54, 1.807) is 12.4 Å². The molecule has 0 aliphatic carbocycles. The van der Waals surface area contributed by atoms with Crippen LogP contribution in [-0.4, -0.2) is 46.9 Å². The van der Waals surface area contributed by atoms with Crippen molar-refractivity contribution >= 4 is 11.6 Å². The van der Waals surface area contributed by atoms with Crippen LogP contribution in [0.25, 0.3) is 5.70 Å². The zero-order valence-electron chi connectivity index (χ0n) is 22.6. The second-order valence-corrected chi connectivity index (χ2v) is 9.72. The molecule has 0 unspecified atom stereocenters. The van der Waals surface area contributed by atoms with Gasteiger partial charge in [-0.3, -0.25) is 9.78 Å². The molecule has 0 bridgehead atoms. The van der Waals surface area contributed by atoms with Gasteiger partial charge in [0, 0.05) is 55.8 Å². The highest BCUT2D eigenvalue weighted by molar-refractivity contribution is 5.79. The number of hydrogen-bond acceptors (Lipinski definition) is 3. The number of likely N-dealkylation sites (tertiary alicyclic amines) is 1. The number of carbonyl (C=O) groups is 1. The maximum absolute atomic E-state index is 12.7. The molecule has 2 aromatic rings. The highest BCUT2D eigenvalue weighted by Gasteiger charge is 2.28. The summed E-state index contributed by atoms with van der Waals surface area (Å²) >= 11 is 0. The number of amides is 1. The molecule has 0 saturated carbocycles. The molecule has 0 spiro atoms. The first-order valence-electron chi connectivity index (χ1n) is 13.7. The summed E-state index contributed by atoms with van der Waals surface area (Å²) in [7, 11) is 0. The van der Waals surface area contributed by atoms with Crippen molar-refractivity contribution in [3.63, 3.8) is 0 Å². The van der Waals surface area contributed by atoms with Gasteiger partial charge >= 0.3 is 0 Å². The minimum absolute atomic E-state index is 0.176. The number of rotatable bonds is 11. The Labute approximate surface area is 214 Å². The first-order valence-corrected chi connectivity index (χ1v) is 13.7. The minimum Gasteiger partial charge on any atom is -0.371 e. The Hall–Kier alpha value is -2.62. The van der Waals surface area contributed by atoms with Crippen molar-refractivity contribution in [3.05, 3.63) is 72.1 Å². The number of unbranched alkanes of at least 4 members (excludes halogenated alkanes) is 2. The van der Waals surface area contributed by atoms with E-state index in [1.165, 1.54) is 36.8 Å². The molecular weight excluding hydrogens is 430 g/mol. The van der Waals surface area contributed by atoms with Gasteiger partial charge in [0.25, 0.3) is 0 Å². The highest BCUT2D eigenvalue weighted by atomic mass is 16.2. The Morgan fingerprint density at radius 3 is 2.23 bits per heavy atom. The van der Waals surface area contributed by atoms with Crippen LogP contribution in [0.1, 0.15) is 82.4 Å². The Bertz CT molecular complexity index is 866. The van der Waals surface area contributed by atoms with Crippen molar-refractivity contribution in [2.24, 2.45) is 5.92 Å². The smallest absolute Gasteiger partial charge is 0.225 e. The molecule has 35 heavy (non-hydrogen) atoms. The topological polar surface area (TPSA) is 36.4 Å². The maximum Gasteiger partial charge on any atom is 0.225 e. The largest absolute Gasteiger partial charge is 0.371 e. The quantitative estimate of drug-likeness (QED) is 0.323. The van der Waals surface area contributed by atoms with Crippen molar-refractivity contribution in [2.75, 3.05) is 26.2 Å². The lowest BCUT2D eigenvalue weighted by Crippen LogP contribution is -2.42. The number of aryl methyl sites for hydroxylation is 2. The maximum atomic E-state index is 12.7. The summed E-state index contributed by atoms with van der Waals surface area (Å²) in [6, 6.07) is 12.8. The van der Waals surface area contributed by atoms with E-state index in [0.717, 1.165) is 63.1 Å². The molecular formula is C31H47N3O. The predicted molar refractivity (Wildman–Crippen MR) is 149 cm³/mol. The van der Waals surface area contributed by atoms with E-state index in [0.29, 0.717) is 5.91 Å². The van der Waals surface area contributed by atoms with E-state index in [2.05, 4.69) is 73.3 Å². The molecule has 1 aromatic carbocycles. The molecule has 2 heterocycles. The van der Waals surface area contributed by atoms with Crippen LogP contribution in [0, 0.1) is 12.8 Å². The monoisotopic (exact) mass is 477 g/mol. The summed E-state index contributed by atoms with van der Waals surface area (Å²) in [5.41, 5.74) is 5.02. The van der Waals surface area contributed by atoms with E-state index < -0.39 is 0 Å². The number of hydrogen-bond donors (Lipinski definition) is 0. The van der Waals surface area contributed by atoms with Crippen LogP contribution < -0.4 is 0 Å². The second-order valence-electron chi connectivity index (χ2n) is 9.72. The van der Waals surface area contributed by atoms with Gasteiger partial charge in [0.1, 0.15) is 0 Å². The van der Waals surface area contributed by atoms with Crippen LogP contribution in [0.5, 0.6) is 0 Å². The molecule has 4 nitrogen and oxygen atoms in total. The highest BCUT2D eigenvalue weighted by Crippen LogP contribution is 2.26. The van der Waals surface area contributed by atoms with Gasteiger partial charge in [0.05, 0.1) is 0 Å². The molecule has 0 atom stereocenters. The Morgan fingerprint density at radius 2 is 1.66 bits per heavy atom. The SMILES string of the molecule is C=C(c1ccncc1)N1CCC(C(=O)N(CCC)CCC)CC1.CCCCCc1cccc(C)c1.